The summed E-state index contributed by atoms with van der Waals surface area (Å²) in [6.45, 7) is 8.01. The quantitative estimate of drug-likeness (QED) is 0.323. The molecule has 0 saturated heterocycles. The van der Waals surface area contributed by atoms with E-state index in [2.05, 4.69) is 0 Å². The van der Waals surface area contributed by atoms with Gasteiger partial charge in [0.1, 0.15) is 17.2 Å². The number of nitrogens with zero attached hydrogens (tertiary/aromatic N) is 2. The number of hydrogen-bond donors (Lipinski definition) is 0. The lowest BCUT2D eigenvalue weighted by molar-refractivity contribution is 0.101. The molecule has 3 aromatic carbocycles. The van der Waals surface area contributed by atoms with Gasteiger partial charge in [0.15, 0.2) is 5.76 Å². The molecule has 0 N–H and O–H groups in total. The number of benzene rings is 3. The summed E-state index contributed by atoms with van der Waals surface area (Å²) in [4.78, 5) is 13.1. The van der Waals surface area contributed by atoms with E-state index in [1.807, 2.05) is 105 Å². The number of carbonyl (C=O) groups excluding carboxylic acids is 1. The van der Waals surface area contributed by atoms with Crippen molar-refractivity contribution in [1.29, 1.82) is 0 Å². The van der Waals surface area contributed by atoms with Gasteiger partial charge in [0.2, 0.25) is 5.78 Å². The van der Waals surface area contributed by atoms with E-state index in [1.54, 1.807) is 6.08 Å². The Morgan fingerprint density at radius 2 is 1.68 bits per heavy atom. The zero-order valence-corrected chi connectivity index (χ0v) is 19.7. The summed E-state index contributed by atoms with van der Waals surface area (Å²) in [5.74, 6) is 1.59. The minimum atomic E-state index is -0.114. The molecule has 0 fully saturated rings. The van der Waals surface area contributed by atoms with Crippen molar-refractivity contribution in [3.8, 4) is 28.4 Å². The van der Waals surface area contributed by atoms with Crippen molar-refractivity contribution in [3.05, 3.63) is 101 Å². The van der Waals surface area contributed by atoms with Crippen LogP contribution >= 0.6 is 0 Å². The number of Topliss-reactive ketones (excluding diaryl/α,β-unsaturated/α-hetero) is 1. The Morgan fingerprint density at radius 3 is 2.38 bits per heavy atom. The second kappa shape index (κ2) is 8.67. The third kappa shape index (κ3) is 4.13. The Kier molecular flexibility index (Phi) is 5.54. The lowest BCUT2D eigenvalue weighted by Gasteiger charge is -2.09. The zero-order chi connectivity index (χ0) is 23.8. The fourth-order valence-corrected chi connectivity index (χ4v) is 3.98. The Balaban J connectivity index is 1.57. The van der Waals surface area contributed by atoms with E-state index >= 15 is 0 Å². The lowest BCUT2D eigenvalue weighted by Crippen LogP contribution is -2.05. The molecular weight excluding hydrogens is 424 g/mol. The molecule has 0 spiro atoms. The van der Waals surface area contributed by atoms with E-state index in [4.69, 9.17) is 14.6 Å². The number of carbonyl (C=O) groups is 1. The number of fused-ring (bicyclic) bond motifs is 1. The summed E-state index contributed by atoms with van der Waals surface area (Å²) in [5, 5.41) is 4.85. The molecule has 0 amide bonds. The van der Waals surface area contributed by atoms with Gasteiger partial charge in [-0.25, -0.2) is 4.68 Å². The Bertz CT molecular complexity index is 1400. The normalized spacial score (nSPS) is 13.9. The molecule has 1 aliphatic heterocycles. The molecule has 0 atom stereocenters. The van der Waals surface area contributed by atoms with Gasteiger partial charge in [0, 0.05) is 17.3 Å². The molecular formula is C29H26N2O3. The first-order valence-corrected chi connectivity index (χ1v) is 11.4. The van der Waals surface area contributed by atoms with Crippen molar-refractivity contribution in [2.24, 2.45) is 0 Å². The van der Waals surface area contributed by atoms with Gasteiger partial charge in [0.25, 0.3) is 0 Å². The van der Waals surface area contributed by atoms with Gasteiger partial charge >= 0.3 is 0 Å². The molecule has 1 aromatic heterocycles. The SMILES string of the molecule is Cc1cc2c(cc1C)C(=O)/C(=C/c1cn(-c3ccccc3)nc1-c1ccc(OC(C)C)cc1)O2. The van der Waals surface area contributed by atoms with E-state index < -0.39 is 0 Å². The molecule has 5 rings (SSSR count). The van der Waals surface area contributed by atoms with Crippen LogP contribution in [0, 0.1) is 13.8 Å². The highest BCUT2D eigenvalue weighted by Gasteiger charge is 2.28. The summed E-state index contributed by atoms with van der Waals surface area (Å²) in [7, 11) is 0. The van der Waals surface area contributed by atoms with Gasteiger partial charge in [-0.2, -0.15) is 5.10 Å². The van der Waals surface area contributed by atoms with Crippen LogP contribution in [0.1, 0.15) is 40.9 Å². The number of hydrogen-bond acceptors (Lipinski definition) is 4. The van der Waals surface area contributed by atoms with Crippen molar-refractivity contribution in [2.75, 3.05) is 0 Å². The third-order valence-electron chi connectivity index (χ3n) is 5.83. The number of ketones is 1. The molecule has 0 aliphatic carbocycles. The predicted octanol–water partition coefficient (Wildman–Crippen LogP) is 6.56. The first-order chi connectivity index (χ1) is 16.4. The van der Waals surface area contributed by atoms with Crippen molar-refractivity contribution < 1.29 is 14.3 Å². The van der Waals surface area contributed by atoms with Crippen LogP contribution in [-0.2, 0) is 0 Å². The van der Waals surface area contributed by atoms with Crippen LogP contribution in [0.3, 0.4) is 0 Å². The molecule has 0 radical (unpaired) electrons. The molecule has 0 saturated carbocycles. The number of para-hydroxylation sites is 1. The van der Waals surface area contributed by atoms with E-state index in [9.17, 15) is 4.79 Å². The summed E-state index contributed by atoms with van der Waals surface area (Å²) in [6, 6.07) is 21.6. The van der Waals surface area contributed by atoms with Crippen LogP contribution in [0.5, 0.6) is 11.5 Å². The van der Waals surface area contributed by atoms with E-state index in [0.29, 0.717) is 17.1 Å². The summed E-state index contributed by atoms with van der Waals surface area (Å²) in [5.41, 5.74) is 6.17. The second-order valence-corrected chi connectivity index (χ2v) is 8.78. The maximum atomic E-state index is 13.1. The third-order valence-corrected chi connectivity index (χ3v) is 5.83. The molecule has 34 heavy (non-hydrogen) atoms. The van der Waals surface area contributed by atoms with Crippen LogP contribution in [-0.4, -0.2) is 21.7 Å². The summed E-state index contributed by atoms with van der Waals surface area (Å²) < 4.78 is 13.6. The lowest BCUT2D eigenvalue weighted by atomic mass is 10.0. The topological polar surface area (TPSA) is 53.4 Å². The van der Waals surface area contributed by atoms with Gasteiger partial charge in [-0.05, 0) is 93.4 Å². The highest BCUT2D eigenvalue weighted by Crippen LogP contribution is 2.35. The number of aryl methyl sites for hydroxylation is 2. The molecule has 170 valence electrons. The van der Waals surface area contributed by atoms with Gasteiger partial charge < -0.3 is 9.47 Å². The van der Waals surface area contributed by atoms with Gasteiger partial charge in [-0.15, -0.1) is 0 Å². The number of rotatable bonds is 5. The van der Waals surface area contributed by atoms with Gasteiger partial charge in [-0.3, -0.25) is 4.79 Å². The largest absolute Gasteiger partial charge is 0.491 e. The minimum Gasteiger partial charge on any atom is -0.491 e. The summed E-state index contributed by atoms with van der Waals surface area (Å²) >= 11 is 0. The van der Waals surface area contributed by atoms with Crippen molar-refractivity contribution in [1.82, 2.24) is 9.78 Å². The average Bonchev–Trinajstić information content (AvgIpc) is 3.37. The Labute approximate surface area is 199 Å². The molecule has 5 nitrogen and oxygen atoms in total. The van der Waals surface area contributed by atoms with Gasteiger partial charge in [0.05, 0.1) is 17.4 Å². The molecule has 4 aromatic rings. The number of allylic oxidation sites excluding steroid dienone is 1. The van der Waals surface area contributed by atoms with Crippen LogP contribution in [0.4, 0.5) is 0 Å². The standard InChI is InChI=1S/C29H26N2O3/c1-18(2)33-24-12-10-21(11-13-24)28-22(17-31(30-28)23-8-6-5-7-9-23)16-27-29(32)25-14-19(3)20(4)15-26(25)34-27/h5-18H,1-4H3/b27-16-. The van der Waals surface area contributed by atoms with Crippen LogP contribution < -0.4 is 9.47 Å². The molecule has 0 bridgehead atoms. The maximum Gasteiger partial charge on any atom is 0.231 e. The van der Waals surface area contributed by atoms with E-state index in [1.165, 1.54) is 0 Å². The maximum absolute atomic E-state index is 13.1. The van der Waals surface area contributed by atoms with Crippen molar-refractivity contribution >= 4 is 11.9 Å². The van der Waals surface area contributed by atoms with E-state index in [0.717, 1.165) is 39.4 Å². The Morgan fingerprint density at radius 1 is 0.971 bits per heavy atom. The van der Waals surface area contributed by atoms with E-state index in [-0.39, 0.29) is 11.9 Å². The number of aromatic nitrogens is 2. The predicted molar refractivity (Wildman–Crippen MR) is 134 cm³/mol. The van der Waals surface area contributed by atoms with Crippen molar-refractivity contribution in [2.45, 2.75) is 33.8 Å². The average molecular weight is 451 g/mol. The smallest absolute Gasteiger partial charge is 0.231 e. The van der Waals surface area contributed by atoms with Crippen LogP contribution in [0.25, 0.3) is 23.0 Å². The summed E-state index contributed by atoms with van der Waals surface area (Å²) in [6.07, 6.45) is 3.81. The fourth-order valence-electron chi connectivity index (χ4n) is 3.98. The molecule has 0 unspecified atom stereocenters. The molecule has 2 heterocycles. The first kappa shape index (κ1) is 21.7. The fraction of sp³-hybridized carbons (Fsp3) is 0.172. The highest BCUT2D eigenvalue weighted by atomic mass is 16.5. The zero-order valence-electron chi connectivity index (χ0n) is 19.7. The molecule has 5 heteroatoms. The minimum absolute atomic E-state index is 0.0999. The Hall–Kier alpha value is -4.12. The second-order valence-electron chi connectivity index (χ2n) is 8.78. The first-order valence-electron chi connectivity index (χ1n) is 11.4. The van der Waals surface area contributed by atoms with Gasteiger partial charge in [-0.1, -0.05) is 18.2 Å². The monoisotopic (exact) mass is 450 g/mol. The molecule has 1 aliphatic rings. The van der Waals surface area contributed by atoms with Crippen LogP contribution in [0.2, 0.25) is 0 Å². The number of ether oxygens (including phenoxy) is 2. The van der Waals surface area contributed by atoms with Crippen LogP contribution in [0.15, 0.2) is 78.7 Å². The highest BCUT2D eigenvalue weighted by molar-refractivity contribution is 6.14. The van der Waals surface area contributed by atoms with Crippen molar-refractivity contribution in [3.63, 3.8) is 0 Å².